The molecule has 0 fully saturated rings. The van der Waals surface area contributed by atoms with Crippen LogP contribution >= 0.6 is 0 Å². The Hall–Kier alpha value is -1.00. The minimum atomic E-state index is -0.251. The first kappa shape index (κ1) is 15.1. The molecule has 1 unspecified atom stereocenters. The van der Waals surface area contributed by atoms with E-state index in [2.05, 4.69) is 10.3 Å². The van der Waals surface area contributed by atoms with E-state index in [0.29, 0.717) is 5.69 Å². The number of pyridine rings is 1. The fourth-order valence-electron chi connectivity index (χ4n) is 1.83. The van der Waals surface area contributed by atoms with Gasteiger partial charge >= 0.3 is 0 Å². The Kier molecular flexibility index (Phi) is 5.69. The summed E-state index contributed by atoms with van der Waals surface area (Å²) < 4.78 is 19.1. The van der Waals surface area contributed by atoms with E-state index < -0.39 is 0 Å². The topological polar surface area (TPSA) is 34.1 Å². The smallest absolute Gasteiger partial charge is 0.146 e. The van der Waals surface area contributed by atoms with E-state index in [9.17, 15) is 4.39 Å². The molecule has 3 nitrogen and oxygen atoms in total. The van der Waals surface area contributed by atoms with Crippen LogP contribution in [0.15, 0.2) is 18.3 Å². The molecule has 1 aromatic heterocycles. The molecule has 1 aromatic rings. The highest BCUT2D eigenvalue weighted by atomic mass is 19.1. The van der Waals surface area contributed by atoms with Crippen LogP contribution in [-0.4, -0.2) is 24.2 Å². The maximum absolute atomic E-state index is 13.7. The Balaban J connectivity index is 2.75. The van der Waals surface area contributed by atoms with Crippen molar-refractivity contribution < 1.29 is 9.13 Å². The fraction of sp³-hybridized carbons (Fsp3) is 0.643. The summed E-state index contributed by atoms with van der Waals surface area (Å²) in [5, 5.41) is 3.28. The summed E-state index contributed by atoms with van der Waals surface area (Å²) in [4.78, 5) is 4.15. The molecule has 1 rings (SSSR count). The third-order valence-electron chi connectivity index (χ3n) is 3.16. The molecule has 0 aliphatic heterocycles. The summed E-state index contributed by atoms with van der Waals surface area (Å²) >= 11 is 0. The second kappa shape index (κ2) is 6.81. The number of ether oxygens (including phenoxy) is 1. The minimum Gasteiger partial charge on any atom is -0.379 e. The predicted octanol–water partition coefficient (Wildman–Crippen LogP) is 3.08. The Bertz CT molecular complexity index is 369. The van der Waals surface area contributed by atoms with Crippen LogP contribution in [-0.2, 0) is 4.74 Å². The number of hydrogen-bond acceptors (Lipinski definition) is 3. The molecule has 0 spiro atoms. The molecule has 0 bridgehead atoms. The van der Waals surface area contributed by atoms with Gasteiger partial charge in [-0.25, -0.2) is 4.39 Å². The van der Waals surface area contributed by atoms with E-state index in [1.165, 1.54) is 6.07 Å². The maximum Gasteiger partial charge on any atom is 0.146 e. The molecule has 0 amide bonds. The van der Waals surface area contributed by atoms with E-state index in [0.717, 1.165) is 19.4 Å². The highest BCUT2D eigenvalue weighted by Crippen LogP contribution is 2.24. The summed E-state index contributed by atoms with van der Waals surface area (Å²) in [5.41, 5.74) is 0.296. The van der Waals surface area contributed by atoms with Gasteiger partial charge in [0.25, 0.3) is 0 Å². The highest BCUT2D eigenvalue weighted by molar-refractivity contribution is 5.11. The summed E-state index contributed by atoms with van der Waals surface area (Å²) in [5.74, 6) is -0.251. The molecule has 1 atom stereocenters. The molecule has 0 aliphatic rings. The van der Waals surface area contributed by atoms with Gasteiger partial charge in [0.2, 0.25) is 0 Å². The summed E-state index contributed by atoms with van der Waals surface area (Å²) in [6.07, 6.45) is 3.27. The van der Waals surface area contributed by atoms with Gasteiger partial charge in [0.15, 0.2) is 0 Å². The predicted molar refractivity (Wildman–Crippen MR) is 70.9 cm³/mol. The molecular weight excluding hydrogens is 231 g/mol. The third-order valence-corrected chi connectivity index (χ3v) is 3.16. The quantitative estimate of drug-likeness (QED) is 0.812. The van der Waals surface area contributed by atoms with Crippen molar-refractivity contribution >= 4 is 0 Å². The largest absolute Gasteiger partial charge is 0.379 e. The molecule has 18 heavy (non-hydrogen) atoms. The van der Waals surface area contributed by atoms with Gasteiger partial charge in [0, 0.05) is 13.3 Å². The molecule has 0 radical (unpaired) electrons. The van der Waals surface area contributed by atoms with E-state index >= 15 is 0 Å². The lowest BCUT2D eigenvalue weighted by atomic mass is 9.97. The molecular formula is C14H23FN2O. The molecule has 4 heteroatoms. The van der Waals surface area contributed by atoms with Crippen molar-refractivity contribution in [3.63, 3.8) is 0 Å². The average Bonchev–Trinajstić information content (AvgIpc) is 2.35. The number of nitrogens with one attached hydrogen (secondary N) is 1. The minimum absolute atomic E-state index is 0.0642. The van der Waals surface area contributed by atoms with Gasteiger partial charge in [-0.1, -0.05) is 6.92 Å². The van der Waals surface area contributed by atoms with Crippen molar-refractivity contribution in [2.75, 3.05) is 13.7 Å². The van der Waals surface area contributed by atoms with Crippen molar-refractivity contribution in [2.24, 2.45) is 0 Å². The van der Waals surface area contributed by atoms with Crippen LogP contribution < -0.4 is 5.32 Å². The van der Waals surface area contributed by atoms with Crippen molar-refractivity contribution in [1.82, 2.24) is 10.3 Å². The lowest BCUT2D eigenvalue weighted by Crippen LogP contribution is -2.28. The zero-order chi connectivity index (χ0) is 13.6. The number of hydrogen-bond donors (Lipinski definition) is 1. The standard InChI is InChI=1S/C14H23FN2O/c1-5-16-12(8-9-14(2,3)18-4)13-11(15)7-6-10-17-13/h6-7,10,12,16H,5,8-9H2,1-4H3. The summed E-state index contributed by atoms with van der Waals surface area (Å²) in [7, 11) is 1.70. The molecule has 0 aromatic carbocycles. The molecule has 0 saturated heterocycles. The van der Waals surface area contributed by atoms with Gasteiger partial charge in [0.05, 0.1) is 17.3 Å². The first-order chi connectivity index (χ1) is 8.50. The van der Waals surface area contributed by atoms with Crippen molar-refractivity contribution in [3.8, 4) is 0 Å². The maximum atomic E-state index is 13.7. The lowest BCUT2D eigenvalue weighted by Gasteiger charge is -2.26. The van der Waals surface area contributed by atoms with Crippen molar-refractivity contribution in [3.05, 3.63) is 29.8 Å². The number of halogens is 1. The van der Waals surface area contributed by atoms with E-state index in [1.54, 1.807) is 19.4 Å². The Morgan fingerprint density at radius 1 is 1.50 bits per heavy atom. The van der Waals surface area contributed by atoms with Crippen LogP contribution in [0.4, 0.5) is 4.39 Å². The van der Waals surface area contributed by atoms with Gasteiger partial charge in [-0.2, -0.15) is 0 Å². The molecule has 0 saturated carbocycles. The average molecular weight is 254 g/mol. The van der Waals surface area contributed by atoms with Crippen LogP contribution in [0.5, 0.6) is 0 Å². The second-order valence-electron chi connectivity index (χ2n) is 4.98. The van der Waals surface area contributed by atoms with Gasteiger partial charge < -0.3 is 10.1 Å². The molecule has 1 heterocycles. The van der Waals surface area contributed by atoms with E-state index in [-0.39, 0.29) is 17.5 Å². The highest BCUT2D eigenvalue weighted by Gasteiger charge is 2.22. The zero-order valence-electron chi connectivity index (χ0n) is 11.7. The number of nitrogens with zero attached hydrogens (tertiary/aromatic N) is 1. The van der Waals surface area contributed by atoms with E-state index in [4.69, 9.17) is 4.74 Å². The van der Waals surface area contributed by atoms with E-state index in [1.807, 2.05) is 20.8 Å². The molecule has 1 N–H and O–H groups in total. The first-order valence-corrected chi connectivity index (χ1v) is 6.39. The van der Waals surface area contributed by atoms with Crippen molar-refractivity contribution in [2.45, 2.75) is 45.3 Å². The monoisotopic (exact) mass is 254 g/mol. The SMILES string of the molecule is CCNC(CCC(C)(C)OC)c1ncccc1F. The van der Waals surface area contributed by atoms with Crippen LogP contribution in [0.2, 0.25) is 0 Å². The summed E-state index contributed by atoms with van der Waals surface area (Å²) in [6, 6.07) is 3.00. The van der Waals surface area contributed by atoms with Gasteiger partial charge in [-0.05, 0) is 45.4 Å². The van der Waals surface area contributed by atoms with Gasteiger partial charge in [-0.15, -0.1) is 0 Å². The number of methoxy groups -OCH3 is 1. The van der Waals surface area contributed by atoms with Gasteiger partial charge in [-0.3, -0.25) is 4.98 Å². The molecule has 0 aliphatic carbocycles. The Morgan fingerprint density at radius 2 is 2.22 bits per heavy atom. The van der Waals surface area contributed by atoms with Crippen LogP contribution in [0, 0.1) is 5.82 Å². The lowest BCUT2D eigenvalue weighted by molar-refractivity contribution is 0.0115. The fourth-order valence-corrected chi connectivity index (χ4v) is 1.83. The first-order valence-electron chi connectivity index (χ1n) is 6.39. The van der Waals surface area contributed by atoms with Gasteiger partial charge in [0.1, 0.15) is 5.82 Å². The Morgan fingerprint density at radius 3 is 2.78 bits per heavy atom. The Labute approximate surface area is 109 Å². The molecule has 102 valence electrons. The summed E-state index contributed by atoms with van der Waals surface area (Å²) in [6.45, 7) is 6.86. The number of aromatic nitrogens is 1. The normalized spacial score (nSPS) is 13.6. The number of rotatable bonds is 7. The third kappa shape index (κ3) is 4.35. The zero-order valence-corrected chi connectivity index (χ0v) is 11.7. The van der Waals surface area contributed by atoms with Crippen LogP contribution in [0.25, 0.3) is 0 Å². The van der Waals surface area contributed by atoms with Crippen LogP contribution in [0.1, 0.15) is 45.3 Å². The van der Waals surface area contributed by atoms with Crippen molar-refractivity contribution in [1.29, 1.82) is 0 Å². The second-order valence-corrected chi connectivity index (χ2v) is 4.98. The van der Waals surface area contributed by atoms with Crippen LogP contribution in [0.3, 0.4) is 0 Å².